The van der Waals surface area contributed by atoms with Crippen LogP contribution >= 0.6 is 0 Å². The summed E-state index contributed by atoms with van der Waals surface area (Å²) in [5, 5.41) is 0. The topological polar surface area (TPSA) is 399 Å². The summed E-state index contributed by atoms with van der Waals surface area (Å²) in [6.45, 7) is 0. The van der Waals surface area contributed by atoms with Crippen molar-refractivity contribution < 1.29 is 76.7 Å². The van der Waals surface area contributed by atoms with Gasteiger partial charge in [0.1, 0.15) is 0 Å². The molecule has 0 aromatic rings. The maximum atomic E-state index is 0. The Morgan fingerprint density at radius 1 is 0.136 bits per heavy atom. The van der Waals surface area contributed by atoms with Crippen LogP contribution in [0.2, 0.25) is 0 Å². The molecule has 14 nitrogen and oxygen atoms in total. The first-order valence-electron chi connectivity index (χ1n) is 0. The fourth-order valence-corrected chi connectivity index (χ4v) is 0. The molecule has 0 rings (SSSR count). The molecule has 112 valence electrons. The SMILES string of the molecule is [In+3].[In+3].[In+3].[In+3].[O-2].[O-2].[O-2].[O-2].[O-2].[O-2].[O-2].[O-2].[O-2].[O-2].[O-2].[O-2].[O-2].[O-2].[Sn+4].[Sn+4].[Sn+4].[Sn+4]. The summed E-state index contributed by atoms with van der Waals surface area (Å²) in [6.07, 6.45) is 0. The Labute approximate surface area is 270 Å². The van der Waals surface area contributed by atoms with Gasteiger partial charge in [0, 0.05) is 0 Å². The quantitative estimate of drug-likeness (QED) is 0.207. The van der Waals surface area contributed by atoms with E-state index < -0.39 is 0 Å². The van der Waals surface area contributed by atoms with Gasteiger partial charge in [0.15, 0.2) is 0 Å². The molecule has 0 bridgehead atoms. The third-order valence-corrected chi connectivity index (χ3v) is 0. The Bertz CT molecular complexity index is 28.8. The van der Waals surface area contributed by atoms with E-state index >= 15 is 0 Å². The van der Waals surface area contributed by atoms with Gasteiger partial charge in [0.25, 0.3) is 0 Å². The Kier molecular flexibility index (Phi) is 12400. The van der Waals surface area contributed by atoms with Gasteiger partial charge in [-0.3, -0.25) is 0 Å². The summed E-state index contributed by atoms with van der Waals surface area (Å²) in [7, 11) is 0. The third kappa shape index (κ3) is 440. The maximum absolute atomic E-state index is 0. The Morgan fingerprint density at radius 2 is 0.136 bits per heavy atom. The van der Waals surface area contributed by atoms with E-state index in [1.807, 2.05) is 0 Å². The minimum absolute atomic E-state index is 0. The average Bonchev–Trinajstić information content (AvgIpc) is 0. The molecule has 0 heterocycles. The van der Waals surface area contributed by atoms with Crippen molar-refractivity contribution in [3.05, 3.63) is 0 Å². The van der Waals surface area contributed by atoms with E-state index in [0.29, 0.717) is 0 Å². The van der Waals surface area contributed by atoms with Crippen molar-refractivity contribution in [1.29, 1.82) is 0 Å². The molecule has 0 unspecified atom stereocenters. The van der Waals surface area contributed by atoms with Crippen molar-refractivity contribution in [2.24, 2.45) is 0 Å². The summed E-state index contributed by atoms with van der Waals surface area (Å²) in [5.41, 5.74) is 0. The summed E-state index contributed by atoms with van der Waals surface area (Å²) in [5.74, 6) is 0. The van der Waals surface area contributed by atoms with Crippen molar-refractivity contribution in [1.82, 2.24) is 0 Å². The van der Waals surface area contributed by atoms with Crippen molar-refractivity contribution in [2.45, 2.75) is 0 Å². The van der Waals surface area contributed by atoms with Crippen molar-refractivity contribution in [3.63, 3.8) is 0 Å². The number of rotatable bonds is 0. The second-order valence-corrected chi connectivity index (χ2v) is 0. The van der Waals surface area contributed by atoms with Gasteiger partial charge in [-0.05, 0) is 0 Å². The molecule has 0 fully saturated rings. The largest absolute Gasteiger partial charge is 4.00 e. The minimum Gasteiger partial charge on any atom is -2.00 e. The molecule has 22 heavy (non-hydrogen) atoms. The van der Waals surface area contributed by atoms with Crippen LogP contribution in [-0.2, 0) is 76.7 Å². The Hall–Kier alpha value is 6.12. The van der Waals surface area contributed by atoms with Gasteiger partial charge in [-0.15, -0.1) is 0 Å². The standard InChI is InChI=1S/4In.14O.4Sn/q4*+3;14*-2;4*+4. The van der Waals surface area contributed by atoms with Crippen LogP contribution in [0.5, 0.6) is 0 Å². The third-order valence-electron chi connectivity index (χ3n) is 0. The summed E-state index contributed by atoms with van der Waals surface area (Å²) in [6, 6.07) is 0. The van der Waals surface area contributed by atoms with Gasteiger partial charge < -0.3 is 76.7 Å². The molecular formula is In4O14Sn4. The van der Waals surface area contributed by atoms with Crippen molar-refractivity contribution >= 4 is 199 Å². The van der Waals surface area contributed by atoms with E-state index in [4.69, 9.17) is 0 Å². The molecule has 0 aromatic heterocycles. The van der Waals surface area contributed by atoms with Gasteiger partial charge in [-0.25, -0.2) is 0 Å². The van der Waals surface area contributed by atoms with Crippen LogP contribution < -0.4 is 0 Å². The zero-order valence-corrected chi connectivity index (χ0v) is 34.6. The normalized spacial score (nSPS) is 0. The molecule has 0 aromatic carbocycles. The molecule has 0 saturated carbocycles. The van der Waals surface area contributed by atoms with E-state index in [2.05, 4.69) is 0 Å². The van der Waals surface area contributed by atoms with Gasteiger partial charge >= 0.3 is 199 Å². The monoisotopic (exact) mass is 1160 g/mol. The van der Waals surface area contributed by atoms with E-state index in [9.17, 15) is 0 Å². The first kappa shape index (κ1) is 553. The van der Waals surface area contributed by atoms with E-state index in [1.54, 1.807) is 0 Å². The predicted octanol–water partition coefficient (Wildman–Crippen LogP) is -4.71. The smallest absolute Gasteiger partial charge is 2.00 e. The fourth-order valence-electron chi connectivity index (χ4n) is 0. The van der Waals surface area contributed by atoms with E-state index in [-0.39, 0.29) is 276 Å². The first-order chi connectivity index (χ1) is 0. The molecular weight excluding hydrogens is 1160 g/mol. The molecule has 0 aliphatic rings. The maximum Gasteiger partial charge on any atom is 4.00 e. The molecule has 0 spiro atoms. The van der Waals surface area contributed by atoms with Gasteiger partial charge in [0.2, 0.25) is 0 Å². The van der Waals surface area contributed by atoms with Crippen LogP contribution in [0, 0.1) is 0 Å². The van der Waals surface area contributed by atoms with Crippen LogP contribution in [0.4, 0.5) is 0 Å². The predicted molar refractivity (Wildman–Crippen MR) is 55.6 cm³/mol. The molecule has 0 aliphatic carbocycles. The molecule has 0 saturated heterocycles. The summed E-state index contributed by atoms with van der Waals surface area (Å²) >= 11 is 0. The molecule has 0 amide bonds. The second-order valence-electron chi connectivity index (χ2n) is 0. The number of hydrogen-bond donors (Lipinski definition) is 0. The second kappa shape index (κ2) is 495. The van der Waals surface area contributed by atoms with Gasteiger partial charge in [-0.1, -0.05) is 0 Å². The number of hydrogen-bond acceptors (Lipinski definition) is 0. The fraction of sp³-hybridized carbons (Fsp3) is 0. The Balaban J connectivity index is 0. The van der Waals surface area contributed by atoms with Crippen LogP contribution in [0.25, 0.3) is 0 Å². The molecule has 0 aliphatic heterocycles. The van der Waals surface area contributed by atoms with E-state index in [0.717, 1.165) is 0 Å². The molecule has 0 radical (unpaired) electrons. The van der Waals surface area contributed by atoms with Crippen molar-refractivity contribution in [3.8, 4) is 0 Å². The van der Waals surface area contributed by atoms with Crippen molar-refractivity contribution in [2.75, 3.05) is 0 Å². The summed E-state index contributed by atoms with van der Waals surface area (Å²) < 4.78 is 0. The van der Waals surface area contributed by atoms with Gasteiger partial charge in [0.05, 0.1) is 0 Å². The van der Waals surface area contributed by atoms with Crippen LogP contribution in [-0.4, -0.2) is 199 Å². The van der Waals surface area contributed by atoms with E-state index in [1.165, 1.54) is 0 Å². The zero-order chi connectivity index (χ0) is 0. The first-order valence-corrected chi connectivity index (χ1v) is 0. The molecule has 22 heteroatoms. The zero-order valence-electron chi connectivity index (χ0n) is 10.0. The minimum atomic E-state index is 0. The Morgan fingerprint density at radius 3 is 0.136 bits per heavy atom. The average molecular weight is 1160 g/mol. The van der Waals surface area contributed by atoms with Crippen LogP contribution in [0.15, 0.2) is 0 Å². The van der Waals surface area contributed by atoms with Crippen LogP contribution in [0.1, 0.15) is 0 Å². The molecule has 0 N–H and O–H groups in total. The van der Waals surface area contributed by atoms with Crippen LogP contribution in [0.3, 0.4) is 0 Å². The molecule has 0 atom stereocenters. The van der Waals surface area contributed by atoms with Gasteiger partial charge in [-0.2, -0.15) is 0 Å². The summed E-state index contributed by atoms with van der Waals surface area (Å²) in [4.78, 5) is 0.